The lowest BCUT2D eigenvalue weighted by atomic mass is 9.84. The maximum atomic E-state index is 13.3. The number of aryl methyl sites for hydroxylation is 1. The lowest BCUT2D eigenvalue weighted by molar-refractivity contribution is -0.132. The van der Waals surface area contributed by atoms with Crippen LogP contribution in [0.3, 0.4) is 0 Å². The van der Waals surface area contributed by atoms with Crippen molar-refractivity contribution in [3.63, 3.8) is 0 Å². The van der Waals surface area contributed by atoms with Gasteiger partial charge in [0.2, 0.25) is 0 Å². The van der Waals surface area contributed by atoms with Gasteiger partial charge >= 0.3 is 0 Å². The molecule has 2 aliphatic rings. The molecule has 2 saturated heterocycles. The van der Waals surface area contributed by atoms with Crippen LogP contribution in [-0.4, -0.2) is 41.1 Å². The molecule has 1 unspecified atom stereocenters. The highest BCUT2D eigenvalue weighted by molar-refractivity contribution is 6.51. The van der Waals surface area contributed by atoms with E-state index >= 15 is 0 Å². The van der Waals surface area contributed by atoms with Crippen molar-refractivity contribution in [2.24, 2.45) is 5.92 Å². The van der Waals surface area contributed by atoms with Crippen LogP contribution >= 0.6 is 0 Å². The summed E-state index contributed by atoms with van der Waals surface area (Å²) >= 11 is 0. The van der Waals surface area contributed by atoms with Gasteiger partial charge in [-0.05, 0) is 50.9 Å². The molecule has 2 aromatic carbocycles. The lowest BCUT2D eigenvalue weighted by Gasteiger charge is -2.34. The average Bonchev–Trinajstić information content (AvgIpc) is 3.47. The van der Waals surface area contributed by atoms with Gasteiger partial charge in [-0.15, -0.1) is 0 Å². The van der Waals surface area contributed by atoms with Crippen LogP contribution in [0, 0.1) is 12.8 Å². The van der Waals surface area contributed by atoms with Crippen molar-refractivity contribution in [1.82, 2.24) is 10.5 Å². The van der Waals surface area contributed by atoms with Crippen molar-refractivity contribution in [3.05, 3.63) is 77.6 Å². The van der Waals surface area contributed by atoms with E-state index in [2.05, 4.69) is 10.5 Å². The minimum Gasteiger partial charge on any atom is -0.507 e. The maximum Gasteiger partial charge on any atom is 0.299 e. The third-order valence-corrected chi connectivity index (χ3v) is 6.52. The first-order chi connectivity index (χ1) is 16.0. The van der Waals surface area contributed by atoms with Crippen molar-refractivity contribution in [1.29, 1.82) is 0 Å². The van der Waals surface area contributed by atoms with Crippen LogP contribution in [0.1, 0.15) is 24.0 Å². The second kappa shape index (κ2) is 8.67. The summed E-state index contributed by atoms with van der Waals surface area (Å²) in [5.74, 6) is -1.31. The van der Waals surface area contributed by atoms with Crippen LogP contribution in [0.2, 0.25) is 0 Å². The zero-order valence-electron chi connectivity index (χ0n) is 18.3. The number of hydrogen-bond acceptors (Lipinski definition) is 6. The number of hydrogen-bond donors (Lipinski definition) is 2. The summed E-state index contributed by atoms with van der Waals surface area (Å²) < 4.78 is 4.92. The van der Waals surface area contributed by atoms with Crippen LogP contribution in [0.25, 0.3) is 17.0 Å². The minimum absolute atomic E-state index is 0.0551. The normalized spacial score (nSPS) is 21.0. The molecule has 0 bridgehead atoms. The summed E-state index contributed by atoms with van der Waals surface area (Å²) in [6.07, 6.45) is 3.12. The number of anilines is 1. The van der Waals surface area contributed by atoms with Gasteiger partial charge in [-0.1, -0.05) is 47.1 Å². The third-order valence-electron chi connectivity index (χ3n) is 6.52. The quantitative estimate of drug-likeness (QED) is 0.361. The number of aliphatic hydroxyl groups excluding tert-OH is 1. The number of carbonyl (C=O) groups excluding carboxylic acids is 2. The molecule has 1 aromatic heterocycles. The van der Waals surface area contributed by atoms with Crippen LogP contribution < -0.4 is 10.2 Å². The summed E-state index contributed by atoms with van der Waals surface area (Å²) in [4.78, 5) is 28.1. The molecule has 168 valence electrons. The Hall–Kier alpha value is -3.71. The van der Waals surface area contributed by atoms with E-state index in [0.29, 0.717) is 16.9 Å². The summed E-state index contributed by atoms with van der Waals surface area (Å²) in [5, 5.41) is 18.5. The third kappa shape index (κ3) is 3.85. The van der Waals surface area contributed by atoms with Crippen LogP contribution in [0.15, 0.2) is 71.0 Å². The molecular formula is C26H25N3O4. The zero-order valence-corrected chi connectivity index (χ0v) is 18.3. The average molecular weight is 444 g/mol. The second-order valence-electron chi connectivity index (χ2n) is 8.60. The fraction of sp³-hybridized carbons (Fsp3) is 0.269. The molecule has 0 radical (unpaired) electrons. The number of carbonyl (C=O) groups is 2. The van der Waals surface area contributed by atoms with E-state index in [1.165, 1.54) is 6.26 Å². The number of rotatable bonds is 4. The monoisotopic (exact) mass is 443 g/mol. The standard InChI is InChI=1S/C26H25N3O4/c1-16-2-4-19(5-3-16)24(30)22-23(18-10-13-27-14-11-18)29(26(32)25(22)31)20-8-6-17(7-9-20)21-12-15-33-28-21/h2-9,12,15,18,23,27,30H,10-11,13-14H2,1H3. The highest BCUT2D eigenvalue weighted by atomic mass is 16.5. The predicted octanol–water partition coefficient (Wildman–Crippen LogP) is 3.90. The molecule has 7 nitrogen and oxygen atoms in total. The van der Waals surface area contributed by atoms with Crippen LogP contribution in [0.5, 0.6) is 0 Å². The van der Waals surface area contributed by atoms with E-state index in [1.807, 2.05) is 43.3 Å². The van der Waals surface area contributed by atoms with Gasteiger partial charge < -0.3 is 14.9 Å². The van der Waals surface area contributed by atoms with E-state index < -0.39 is 17.7 Å². The van der Waals surface area contributed by atoms with Gasteiger partial charge in [0, 0.05) is 22.9 Å². The molecule has 3 aromatic rings. The Bertz CT molecular complexity index is 1190. The molecule has 3 heterocycles. The highest BCUT2D eigenvalue weighted by Crippen LogP contribution is 2.39. The van der Waals surface area contributed by atoms with Crippen molar-refractivity contribution in [3.8, 4) is 11.3 Å². The Balaban J connectivity index is 1.59. The number of aliphatic hydroxyl groups is 1. The molecule has 33 heavy (non-hydrogen) atoms. The number of nitrogens with one attached hydrogen (secondary N) is 1. The molecule has 0 saturated carbocycles. The predicted molar refractivity (Wildman–Crippen MR) is 125 cm³/mol. The maximum absolute atomic E-state index is 13.3. The Morgan fingerprint density at radius 3 is 2.36 bits per heavy atom. The largest absolute Gasteiger partial charge is 0.507 e. The number of nitrogens with zero attached hydrogens (tertiary/aromatic N) is 2. The molecule has 2 aliphatic heterocycles. The fourth-order valence-electron chi connectivity index (χ4n) is 4.77. The molecule has 1 amide bonds. The van der Waals surface area contributed by atoms with Gasteiger partial charge in [0.25, 0.3) is 11.7 Å². The summed E-state index contributed by atoms with van der Waals surface area (Å²) in [5.41, 5.74) is 3.94. The Labute approximate surface area is 191 Å². The number of ketones is 1. The number of benzene rings is 2. The first kappa shape index (κ1) is 21.2. The SMILES string of the molecule is Cc1ccc(C(O)=C2C(=O)C(=O)N(c3ccc(-c4ccon4)cc3)C2C2CCNCC2)cc1. The molecule has 0 spiro atoms. The van der Waals surface area contributed by atoms with Crippen LogP contribution in [-0.2, 0) is 9.59 Å². The van der Waals surface area contributed by atoms with Crippen molar-refractivity contribution >= 4 is 23.1 Å². The van der Waals surface area contributed by atoms with E-state index in [4.69, 9.17) is 4.52 Å². The van der Waals surface area contributed by atoms with Gasteiger partial charge in [-0.3, -0.25) is 14.5 Å². The fourth-order valence-corrected chi connectivity index (χ4v) is 4.77. The second-order valence-corrected chi connectivity index (χ2v) is 8.60. The molecule has 0 aliphatic carbocycles. The Kier molecular flexibility index (Phi) is 5.56. The smallest absolute Gasteiger partial charge is 0.299 e. The lowest BCUT2D eigenvalue weighted by Crippen LogP contribution is -2.43. The topological polar surface area (TPSA) is 95.7 Å². The number of aromatic nitrogens is 1. The van der Waals surface area contributed by atoms with E-state index in [9.17, 15) is 14.7 Å². The minimum atomic E-state index is -0.641. The molecule has 2 fully saturated rings. The molecule has 2 N–H and O–H groups in total. The van der Waals surface area contributed by atoms with Crippen molar-refractivity contribution in [2.45, 2.75) is 25.8 Å². The van der Waals surface area contributed by atoms with Crippen LogP contribution in [0.4, 0.5) is 5.69 Å². The number of amides is 1. The molecule has 1 atom stereocenters. The van der Waals surface area contributed by atoms with Gasteiger partial charge in [-0.2, -0.15) is 0 Å². The van der Waals surface area contributed by atoms with E-state index in [-0.39, 0.29) is 17.3 Å². The first-order valence-corrected chi connectivity index (χ1v) is 11.1. The Morgan fingerprint density at radius 1 is 1.03 bits per heavy atom. The molecule has 7 heteroatoms. The van der Waals surface area contributed by atoms with Gasteiger partial charge in [0.15, 0.2) is 0 Å². The van der Waals surface area contributed by atoms with Crippen molar-refractivity contribution in [2.75, 3.05) is 18.0 Å². The molecule has 5 rings (SSSR count). The Morgan fingerprint density at radius 2 is 1.73 bits per heavy atom. The van der Waals surface area contributed by atoms with Gasteiger partial charge in [0.05, 0.1) is 11.6 Å². The highest BCUT2D eigenvalue weighted by Gasteiger charge is 2.49. The summed E-state index contributed by atoms with van der Waals surface area (Å²) in [7, 11) is 0. The summed E-state index contributed by atoms with van der Waals surface area (Å²) in [6.45, 7) is 3.57. The van der Waals surface area contributed by atoms with E-state index in [1.54, 1.807) is 23.1 Å². The number of Topliss-reactive ketones (excluding diaryl/α,β-unsaturated/α-hetero) is 1. The molecular weight excluding hydrogens is 418 g/mol. The first-order valence-electron chi connectivity index (χ1n) is 11.1. The summed E-state index contributed by atoms with van der Waals surface area (Å²) in [6, 6.07) is 15.9. The van der Waals surface area contributed by atoms with Gasteiger partial charge in [0.1, 0.15) is 17.7 Å². The van der Waals surface area contributed by atoms with Gasteiger partial charge in [-0.25, -0.2) is 0 Å². The number of piperidine rings is 1. The van der Waals surface area contributed by atoms with E-state index in [0.717, 1.165) is 37.1 Å². The zero-order chi connectivity index (χ0) is 22.9. The van der Waals surface area contributed by atoms with Crippen molar-refractivity contribution < 1.29 is 19.2 Å².